The first kappa shape index (κ1) is 13.5. The van der Waals surface area contributed by atoms with Crippen molar-refractivity contribution in [3.63, 3.8) is 0 Å². The Morgan fingerprint density at radius 1 is 1.16 bits per heavy atom. The molecule has 0 spiro atoms. The molecule has 0 amide bonds. The normalized spacial score (nSPS) is 11.4. The molecule has 0 unspecified atom stereocenters. The van der Waals surface area contributed by atoms with Crippen LogP contribution < -0.4 is 4.72 Å². The molecule has 0 aliphatic heterocycles. The van der Waals surface area contributed by atoms with Gasteiger partial charge in [-0.2, -0.15) is 0 Å². The van der Waals surface area contributed by atoms with Crippen molar-refractivity contribution in [3.05, 3.63) is 53.9 Å². The number of phenolic OH excluding ortho intramolecular Hbond substituents is 1. The Morgan fingerprint density at radius 2 is 1.89 bits per heavy atom. The lowest BCUT2D eigenvalue weighted by molar-refractivity contribution is 0.458. The van der Waals surface area contributed by atoms with E-state index in [1.54, 1.807) is 18.2 Å². The first-order chi connectivity index (χ1) is 8.99. The van der Waals surface area contributed by atoms with Crippen LogP contribution in [0.3, 0.4) is 0 Å². The molecule has 0 fully saturated rings. The predicted molar refractivity (Wildman–Crippen MR) is 71.1 cm³/mol. The molecule has 5 nitrogen and oxygen atoms in total. The fourth-order valence-electron chi connectivity index (χ4n) is 1.63. The summed E-state index contributed by atoms with van der Waals surface area (Å²) in [6, 6.07) is 11.2. The van der Waals surface area contributed by atoms with E-state index in [2.05, 4.69) is 9.71 Å². The highest BCUT2D eigenvalue weighted by molar-refractivity contribution is 7.89. The van der Waals surface area contributed by atoms with Crippen LogP contribution in [0.15, 0.2) is 47.4 Å². The number of hydrogen-bond acceptors (Lipinski definition) is 4. The molecule has 0 saturated heterocycles. The summed E-state index contributed by atoms with van der Waals surface area (Å²) in [5, 5.41) is 9.55. The number of aromatic hydroxyl groups is 1. The Labute approximate surface area is 112 Å². The first-order valence-electron chi connectivity index (χ1n) is 5.69. The van der Waals surface area contributed by atoms with E-state index >= 15 is 0 Å². The second-order valence-electron chi connectivity index (χ2n) is 4.06. The van der Waals surface area contributed by atoms with Crippen molar-refractivity contribution in [2.24, 2.45) is 0 Å². The zero-order valence-electron chi connectivity index (χ0n) is 10.4. The number of aryl methyl sites for hydroxylation is 1. The van der Waals surface area contributed by atoms with Crippen molar-refractivity contribution in [3.8, 4) is 5.75 Å². The third-order valence-electron chi connectivity index (χ3n) is 2.54. The van der Waals surface area contributed by atoms with E-state index in [-0.39, 0.29) is 17.2 Å². The van der Waals surface area contributed by atoms with Crippen LogP contribution in [0, 0.1) is 6.92 Å². The minimum absolute atomic E-state index is 0.0817. The number of nitrogens with one attached hydrogen (secondary N) is 1. The summed E-state index contributed by atoms with van der Waals surface area (Å²) in [5.74, 6) is -0.271. The van der Waals surface area contributed by atoms with Gasteiger partial charge in [-0.05, 0) is 31.2 Å². The molecule has 0 radical (unpaired) electrons. The number of phenols is 1. The molecule has 1 aromatic heterocycles. The molecule has 100 valence electrons. The van der Waals surface area contributed by atoms with Gasteiger partial charge in [0, 0.05) is 5.69 Å². The smallest absolute Gasteiger partial charge is 0.244 e. The van der Waals surface area contributed by atoms with Crippen LogP contribution in [0.2, 0.25) is 0 Å². The molecule has 0 aliphatic carbocycles. The second-order valence-corrected chi connectivity index (χ2v) is 5.80. The number of sulfonamides is 1. The maximum atomic E-state index is 12.0. The van der Waals surface area contributed by atoms with E-state index < -0.39 is 10.0 Å². The Hall–Kier alpha value is -1.92. The standard InChI is InChI=1S/C13H14N2O3S/c1-10-5-4-6-11(15-10)9-14-19(17,18)13-8-3-2-7-12(13)16/h2-8,14,16H,9H2,1H3. The maximum Gasteiger partial charge on any atom is 0.244 e. The van der Waals surface area contributed by atoms with Gasteiger partial charge < -0.3 is 5.11 Å². The molecule has 0 aliphatic rings. The van der Waals surface area contributed by atoms with E-state index in [0.29, 0.717) is 5.69 Å². The number of nitrogens with zero attached hydrogens (tertiary/aromatic N) is 1. The molecule has 2 rings (SSSR count). The Kier molecular flexibility index (Phi) is 3.82. The highest BCUT2D eigenvalue weighted by atomic mass is 32.2. The summed E-state index contributed by atoms with van der Waals surface area (Å²) in [7, 11) is -3.74. The summed E-state index contributed by atoms with van der Waals surface area (Å²) < 4.78 is 26.4. The van der Waals surface area contributed by atoms with Gasteiger partial charge in [0.25, 0.3) is 0 Å². The highest BCUT2D eigenvalue weighted by Crippen LogP contribution is 2.21. The molecule has 6 heteroatoms. The van der Waals surface area contributed by atoms with Crippen LogP contribution in [0.4, 0.5) is 0 Å². The molecule has 19 heavy (non-hydrogen) atoms. The average Bonchev–Trinajstić information content (AvgIpc) is 2.37. The van der Waals surface area contributed by atoms with Crippen LogP contribution >= 0.6 is 0 Å². The Morgan fingerprint density at radius 3 is 2.58 bits per heavy atom. The quantitative estimate of drug-likeness (QED) is 0.889. The van der Waals surface area contributed by atoms with Crippen molar-refractivity contribution in [2.75, 3.05) is 0 Å². The minimum Gasteiger partial charge on any atom is -0.507 e. The number of para-hydroxylation sites is 1. The first-order valence-corrected chi connectivity index (χ1v) is 7.17. The van der Waals surface area contributed by atoms with E-state index in [4.69, 9.17) is 0 Å². The fraction of sp³-hybridized carbons (Fsp3) is 0.154. The van der Waals surface area contributed by atoms with Gasteiger partial charge in [0.15, 0.2) is 0 Å². The lowest BCUT2D eigenvalue weighted by Gasteiger charge is -2.08. The SMILES string of the molecule is Cc1cccc(CNS(=O)(=O)c2ccccc2O)n1. The van der Waals surface area contributed by atoms with Gasteiger partial charge >= 0.3 is 0 Å². The van der Waals surface area contributed by atoms with E-state index in [9.17, 15) is 13.5 Å². The van der Waals surface area contributed by atoms with Crippen molar-refractivity contribution in [1.29, 1.82) is 0 Å². The summed E-state index contributed by atoms with van der Waals surface area (Å²) >= 11 is 0. The number of pyridine rings is 1. The molecule has 1 heterocycles. The third-order valence-corrected chi connectivity index (χ3v) is 3.99. The molecular weight excluding hydrogens is 264 g/mol. The molecule has 2 N–H and O–H groups in total. The van der Waals surface area contributed by atoms with Gasteiger partial charge in [0.2, 0.25) is 10.0 Å². The largest absolute Gasteiger partial charge is 0.507 e. The van der Waals surface area contributed by atoms with Gasteiger partial charge in [-0.1, -0.05) is 18.2 Å². The van der Waals surface area contributed by atoms with Crippen LogP contribution in [0.1, 0.15) is 11.4 Å². The van der Waals surface area contributed by atoms with Crippen LogP contribution in [-0.4, -0.2) is 18.5 Å². The molecule has 0 atom stereocenters. The van der Waals surface area contributed by atoms with Crippen LogP contribution in [0.25, 0.3) is 0 Å². The van der Waals surface area contributed by atoms with Gasteiger partial charge in [0.1, 0.15) is 10.6 Å². The van der Waals surface area contributed by atoms with Crippen molar-refractivity contribution in [1.82, 2.24) is 9.71 Å². The molecule has 0 saturated carbocycles. The van der Waals surface area contributed by atoms with Crippen LogP contribution in [0.5, 0.6) is 5.75 Å². The van der Waals surface area contributed by atoms with Gasteiger partial charge in [-0.15, -0.1) is 0 Å². The van der Waals surface area contributed by atoms with Gasteiger partial charge in [-0.25, -0.2) is 13.1 Å². The zero-order valence-corrected chi connectivity index (χ0v) is 11.2. The third kappa shape index (κ3) is 3.30. The van der Waals surface area contributed by atoms with E-state index in [1.807, 2.05) is 19.1 Å². The van der Waals surface area contributed by atoms with Crippen molar-refractivity contribution >= 4 is 10.0 Å². The molecular formula is C13H14N2O3S. The number of hydrogen-bond donors (Lipinski definition) is 2. The van der Waals surface area contributed by atoms with Gasteiger partial charge in [0.05, 0.1) is 12.2 Å². The summed E-state index contributed by atoms with van der Waals surface area (Å²) in [6.07, 6.45) is 0. The highest BCUT2D eigenvalue weighted by Gasteiger charge is 2.17. The van der Waals surface area contributed by atoms with Crippen molar-refractivity contribution < 1.29 is 13.5 Å². The number of benzene rings is 1. The zero-order chi connectivity index (χ0) is 13.9. The predicted octanol–water partition coefficient (Wildman–Crippen LogP) is 1.57. The lowest BCUT2D eigenvalue weighted by atomic mass is 10.3. The van der Waals surface area contributed by atoms with E-state index in [1.165, 1.54) is 12.1 Å². The summed E-state index contributed by atoms with van der Waals surface area (Å²) in [6.45, 7) is 1.92. The van der Waals surface area contributed by atoms with Crippen LogP contribution in [-0.2, 0) is 16.6 Å². The molecule has 1 aromatic carbocycles. The number of aromatic nitrogens is 1. The number of rotatable bonds is 4. The minimum atomic E-state index is -3.74. The monoisotopic (exact) mass is 278 g/mol. The molecule has 2 aromatic rings. The second kappa shape index (κ2) is 5.38. The average molecular weight is 278 g/mol. The van der Waals surface area contributed by atoms with Crippen molar-refractivity contribution in [2.45, 2.75) is 18.4 Å². The fourth-order valence-corrected chi connectivity index (χ4v) is 2.72. The summed E-state index contributed by atoms with van der Waals surface area (Å²) in [4.78, 5) is 4.07. The maximum absolute atomic E-state index is 12.0. The van der Waals surface area contributed by atoms with E-state index in [0.717, 1.165) is 5.69 Å². The molecule has 0 bridgehead atoms. The lowest BCUT2D eigenvalue weighted by Crippen LogP contribution is -2.23. The summed E-state index contributed by atoms with van der Waals surface area (Å²) in [5.41, 5.74) is 1.44. The Balaban J connectivity index is 2.17. The topological polar surface area (TPSA) is 79.3 Å². The van der Waals surface area contributed by atoms with Gasteiger partial charge in [-0.3, -0.25) is 4.98 Å². The Bertz CT molecular complexity index is 684.